The summed E-state index contributed by atoms with van der Waals surface area (Å²) < 4.78 is 23.6. The monoisotopic (exact) mass is 436 g/mol. The lowest BCUT2D eigenvalue weighted by Gasteiger charge is -2.49. The first-order valence-electron chi connectivity index (χ1n) is 11.4. The fourth-order valence-electron chi connectivity index (χ4n) is 2.79. The van der Waals surface area contributed by atoms with E-state index in [0.29, 0.717) is 33.0 Å². The third-order valence-corrected chi connectivity index (χ3v) is 6.70. The van der Waals surface area contributed by atoms with Crippen molar-refractivity contribution in [1.82, 2.24) is 0 Å². The van der Waals surface area contributed by atoms with Crippen molar-refractivity contribution in [3.8, 4) is 0 Å². The Balaban J connectivity index is 5.41. The standard InChI is InChI=1S/C24H46B2O5/c1-11-13-29-15-20(22(7,8)27)17-31-24(10,26)21(5,6)19(14-28-12-2)16-30-23(9,25)18(3)4/h11,18-20,27H,1,12-17H2,2-10H3. The van der Waals surface area contributed by atoms with Gasteiger partial charge in [-0.1, -0.05) is 33.8 Å². The number of ether oxygens (including phenoxy) is 4. The molecular formula is C24H46B2O5. The number of aliphatic hydroxyl groups is 1. The molecule has 0 aliphatic rings. The number of hydrogen-bond donors (Lipinski definition) is 1. The van der Waals surface area contributed by atoms with Crippen LogP contribution in [0.3, 0.4) is 0 Å². The van der Waals surface area contributed by atoms with Crippen LogP contribution in [0.25, 0.3) is 0 Å². The molecule has 1 N–H and O–H groups in total. The molecule has 0 aliphatic heterocycles. The molecule has 0 aromatic carbocycles. The third-order valence-electron chi connectivity index (χ3n) is 6.70. The summed E-state index contributed by atoms with van der Waals surface area (Å²) in [6, 6.07) is 0. The van der Waals surface area contributed by atoms with Gasteiger partial charge in [0.25, 0.3) is 0 Å². The van der Waals surface area contributed by atoms with Crippen molar-refractivity contribution in [3.05, 3.63) is 12.7 Å². The Labute approximate surface area is 194 Å². The zero-order valence-corrected chi connectivity index (χ0v) is 21.5. The van der Waals surface area contributed by atoms with Gasteiger partial charge in [0.1, 0.15) is 15.7 Å². The van der Waals surface area contributed by atoms with Crippen molar-refractivity contribution in [1.29, 1.82) is 0 Å². The van der Waals surface area contributed by atoms with Gasteiger partial charge in [0.05, 0.1) is 38.6 Å². The molecule has 0 heterocycles. The Morgan fingerprint density at radius 1 is 0.871 bits per heavy atom. The molecule has 0 rings (SSSR count). The van der Waals surface area contributed by atoms with E-state index >= 15 is 0 Å². The van der Waals surface area contributed by atoms with Crippen LogP contribution in [-0.2, 0) is 18.9 Å². The van der Waals surface area contributed by atoms with Crippen molar-refractivity contribution in [2.45, 2.75) is 78.9 Å². The fraction of sp³-hybridized carbons (Fsp3) is 0.917. The Morgan fingerprint density at radius 2 is 1.39 bits per heavy atom. The lowest BCUT2D eigenvalue weighted by Crippen LogP contribution is -2.54. The summed E-state index contributed by atoms with van der Waals surface area (Å²) in [5, 5.41) is 10.5. The van der Waals surface area contributed by atoms with Crippen LogP contribution in [0.15, 0.2) is 12.7 Å². The number of rotatable bonds is 17. The molecule has 0 aromatic rings. The normalized spacial score (nSPS) is 18.9. The van der Waals surface area contributed by atoms with E-state index in [-0.39, 0.29) is 24.4 Å². The van der Waals surface area contributed by atoms with Gasteiger partial charge in [0.15, 0.2) is 0 Å². The maximum atomic E-state index is 10.5. The van der Waals surface area contributed by atoms with Gasteiger partial charge in [-0.15, -0.1) is 6.58 Å². The average Bonchev–Trinajstić information content (AvgIpc) is 2.62. The van der Waals surface area contributed by atoms with Gasteiger partial charge in [0, 0.05) is 29.4 Å². The van der Waals surface area contributed by atoms with Gasteiger partial charge >= 0.3 is 0 Å². The molecule has 4 atom stereocenters. The number of hydrogen-bond acceptors (Lipinski definition) is 5. The minimum atomic E-state index is -1.01. The predicted octanol–water partition coefficient (Wildman–Crippen LogP) is 3.71. The van der Waals surface area contributed by atoms with Crippen LogP contribution in [0.2, 0.25) is 0 Å². The van der Waals surface area contributed by atoms with E-state index in [2.05, 4.69) is 20.4 Å². The quantitative estimate of drug-likeness (QED) is 0.214. The predicted molar refractivity (Wildman–Crippen MR) is 130 cm³/mol. The van der Waals surface area contributed by atoms with Crippen LogP contribution in [0.5, 0.6) is 0 Å². The molecule has 178 valence electrons. The summed E-state index contributed by atoms with van der Waals surface area (Å²) in [6.45, 7) is 23.5. The Kier molecular flexibility index (Phi) is 12.7. The summed E-state index contributed by atoms with van der Waals surface area (Å²) in [6.07, 6.45) is 1.68. The molecule has 0 bridgehead atoms. The van der Waals surface area contributed by atoms with E-state index in [9.17, 15) is 5.11 Å². The molecule has 7 heteroatoms. The van der Waals surface area contributed by atoms with E-state index in [4.69, 9.17) is 34.6 Å². The summed E-state index contributed by atoms with van der Waals surface area (Å²) in [4.78, 5) is 0. The zero-order chi connectivity index (χ0) is 24.5. The largest absolute Gasteiger partial charge is 0.390 e. The smallest absolute Gasteiger partial charge is 0.114 e. The van der Waals surface area contributed by atoms with Crippen molar-refractivity contribution < 1.29 is 24.1 Å². The molecule has 0 saturated carbocycles. The van der Waals surface area contributed by atoms with Gasteiger partial charge in [-0.3, -0.25) is 0 Å². The van der Waals surface area contributed by atoms with Crippen molar-refractivity contribution in [2.75, 3.05) is 39.6 Å². The molecule has 0 aromatic heterocycles. The molecule has 0 fully saturated rings. The Morgan fingerprint density at radius 3 is 1.84 bits per heavy atom. The van der Waals surface area contributed by atoms with Crippen molar-refractivity contribution >= 4 is 15.7 Å². The first kappa shape index (κ1) is 30.7. The summed E-state index contributed by atoms with van der Waals surface area (Å²) in [5.74, 6) is -0.144. The van der Waals surface area contributed by atoms with Gasteiger partial charge in [-0.05, 0) is 46.0 Å². The average molecular weight is 436 g/mol. The molecule has 0 spiro atoms. The minimum absolute atomic E-state index is 0.0540. The van der Waals surface area contributed by atoms with Crippen LogP contribution in [-0.4, -0.2) is 77.0 Å². The fourth-order valence-corrected chi connectivity index (χ4v) is 2.79. The summed E-state index contributed by atoms with van der Waals surface area (Å²) in [7, 11) is 13.0. The third kappa shape index (κ3) is 10.00. The highest BCUT2D eigenvalue weighted by Crippen LogP contribution is 2.41. The van der Waals surface area contributed by atoms with Crippen molar-refractivity contribution in [2.24, 2.45) is 23.2 Å². The van der Waals surface area contributed by atoms with Gasteiger partial charge in [-0.2, -0.15) is 0 Å². The minimum Gasteiger partial charge on any atom is -0.390 e. The maximum absolute atomic E-state index is 10.5. The van der Waals surface area contributed by atoms with E-state index < -0.39 is 22.0 Å². The molecule has 31 heavy (non-hydrogen) atoms. The van der Waals surface area contributed by atoms with Gasteiger partial charge in [0.2, 0.25) is 0 Å². The first-order chi connectivity index (χ1) is 14.0. The zero-order valence-electron chi connectivity index (χ0n) is 21.5. The van der Waals surface area contributed by atoms with E-state index in [1.165, 1.54) is 0 Å². The highest BCUT2D eigenvalue weighted by molar-refractivity contribution is 6.15. The topological polar surface area (TPSA) is 57.2 Å². The van der Waals surface area contributed by atoms with Crippen LogP contribution < -0.4 is 0 Å². The van der Waals surface area contributed by atoms with E-state index in [0.717, 1.165) is 0 Å². The van der Waals surface area contributed by atoms with Crippen molar-refractivity contribution in [3.63, 3.8) is 0 Å². The highest BCUT2D eigenvalue weighted by Gasteiger charge is 2.45. The summed E-state index contributed by atoms with van der Waals surface area (Å²) >= 11 is 0. The molecule has 4 unspecified atom stereocenters. The lowest BCUT2D eigenvalue weighted by molar-refractivity contribution is -0.146. The van der Waals surface area contributed by atoms with Crippen LogP contribution >= 0.6 is 0 Å². The van der Waals surface area contributed by atoms with E-state index in [1.54, 1.807) is 19.9 Å². The molecule has 0 saturated heterocycles. The van der Waals surface area contributed by atoms with E-state index in [1.807, 2.05) is 34.6 Å². The lowest BCUT2D eigenvalue weighted by atomic mass is 9.58. The maximum Gasteiger partial charge on any atom is 0.114 e. The molecule has 0 aliphatic carbocycles. The molecule has 5 nitrogen and oxygen atoms in total. The second-order valence-electron chi connectivity index (χ2n) is 10.3. The Bertz CT molecular complexity index is 513. The first-order valence-corrected chi connectivity index (χ1v) is 11.4. The van der Waals surface area contributed by atoms with Crippen LogP contribution in [0.1, 0.15) is 62.3 Å². The molecular weight excluding hydrogens is 390 g/mol. The SMILES string of the molecule is [B]C(C)(OCC(COCC)C(C)(C)C([B])(C)OCC(COCC=C)C(C)(C)O)C(C)C. The summed E-state index contributed by atoms with van der Waals surface area (Å²) in [5.41, 5.74) is -3.25. The van der Waals surface area contributed by atoms with Crippen LogP contribution in [0.4, 0.5) is 0 Å². The van der Waals surface area contributed by atoms with Gasteiger partial charge in [-0.25, -0.2) is 0 Å². The highest BCUT2D eigenvalue weighted by atomic mass is 16.5. The molecule has 0 amide bonds. The second-order valence-corrected chi connectivity index (χ2v) is 10.3. The Hall–Kier alpha value is -0.330. The second kappa shape index (κ2) is 12.8. The van der Waals surface area contributed by atoms with Crippen LogP contribution in [0, 0.1) is 23.2 Å². The molecule has 4 radical (unpaired) electrons. The van der Waals surface area contributed by atoms with Gasteiger partial charge < -0.3 is 24.1 Å².